The molecule has 1 aromatic rings. The summed E-state index contributed by atoms with van der Waals surface area (Å²) in [6.45, 7) is 4.55. The summed E-state index contributed by atoms with van der Waals surface area (Å²) in [7, 11) is 1.63. The highest BCUT2D eigenvalue weighted by molar-refractivity contribution is 9.10. The Labute approximate surface area is 123 Å². The zero-order valence-electron chi connectivity index (χ0n) is 11.8. The van der Waals surface area contributed by atoms with Gasteiger partial charge in [0.05, 0.1) is 11.6 Å². The van der Waals surface area contributed by atoms with Crippen LogP contribution in [-0.2, 0) is 0 Å². The Bertz CT molecular complexity index is 470. The third-order valence-corrected chi connectivity index (χ3v) is 5.02. The Kier molecular flexibility index (Phi) is 4.67. The van der Waals surface area contributed by atoms with E-state index >= 15 is 0 Å². The number of methoxy groups -OCH3 is 1. The van der Waals surface area contributed by atoms with Crippen LogP contribution in [0.5, 0.6) is 5.75 Å². The number of ether oxygens (including phenoxy) is 1. The molecule has 0 heterocycles. The number of carbonyl (C=O) groups is 1. The Morgan fingerprint density at radius 1 is 1.26 bits per heavy atom. The molecule has 1 aliphatic rings. The number of Topliss-reactive ketones (excluding diaryl/α,β-unsaturated/α-hetero) is 1. The highest BCUT2D eigenvalue weighted by Gasteiger charge is 2.29. The van der Waals surface area contributed by atoms with Crippen molar-refractivity contribution in [2.45, 2.75) is 33.1 Å². The number of benzene rings is 1. The third-order valence-electron chi connectivity index (χ3n) is 4.41. The zero-order valence-corrected chi connectivity index (χ0v) is 13.4. The minimum absolute atomic E-state index is 0.187. The van der Waals surface area contributed by atoms with Gasteiger partial charge in [-0.25, -0.2) is 0 Å². The van der Waals surface area contributed by atoms with Crippen molar-refractivity contribution in [2.75, 3.05) is 7.11 Å². The molecular weight excluding hydrogens is 304 g/mol. The molecule has 0 radical (unpaired) electrons. The highest BCUT2D eigenvalue weighted by atomic mass is 79.9. The van der Waals surface area contributed by atoms with Crippen molar-refractivity contribution in [1.82, 2.24) is 0 Å². The van der Waals surface area contributed by atoms with Gasteiger partial charge in [-0.05, 0) is 65.2 Å². The van der Waals surface area contributed by atoms with E-state index in [-0.39, 0.29) is 11.7 Å². The summed E-state index contributed by atoms with van der Waals surface area (Å²) < 4.78 is 6.04. The minimum Gasteiger partial charge on any atom is -0.496 e. The highest BCUT2D eigenvalue weighted by Crippen LogP contribution is 2.36. The zero-order chi connectivity index (χ0) is 14.0. The van der Waals surface area contributed by atoms with Gasteiger partial charge in [0.25, 0.3) is 0 Å². The van der Waals surface area contributed by atoms with Crippen LogP contribution >= 0.6 is 15.9 Å². The molecule has 0 bridgehead atoms. The van der Waals surface area contributed by atoms with Gasteiger partial charge in [0.1, 0.15) is 5.75 Å². The number of hydrogen-bond donors (Lipinski definition) is 0. The van der Waals surface area contributed by atoms with E-state index in [0.29, 0.717) is 5.92 Å². The summed E-state index contributed by atoms with van der Waals surface area (Å²) in [6.07, 6.45) is 3.20. The van der Waals surface area contributed by atoms with E-state index in [1.165, 1.54) is 0 Å². The quantitative estimate of drug-likeness (QED) is 0.752. The monoisotopic (exact) mass is 324 g/mol. The van der Waals surface area contributed by atoms with Gasteiger partial charge < -0.3 is 4.74 Å². The van der Waals surface area contributed by atoms with E-state index in [1.54, 1.807) is 7.11 Å². The first-order valence-electron chi connectivity index (χ1n) is 6.90. The van der Waals surface area contributed by atoms with Crippen molar-refractivity contribution < 1.29 is 9.53 Å². The second-order valence-corrected chi connectivity index (χ2v) is 6.53. The first kappa shape index (κ1) is 14.6. The summed E-state index contributed by atoms with van der Waals surface area (Å²) in [5, 5.41) is 0. The standard InChI is InChI=1S/C16H21BrO2/c1-10-4-5-12(8-11(10)2)16(18)13-6-7-15(19-3)14(17)9-13/h6-7,9-12H,4-5,8H2,1-3H3. The van der Waals surface area contributed by atoms with Crippen molar-refractivity contribution in [3.63, 3.8) is 0 Å². The Hall–Kier alpha value is -0.830. The van der Waals surface area contributed by atoms with E-state index in [4.69, 9.17) is 4.74 Å². The van der Waals surface area contributed by atoms with Gasteiger partial charge in [-0.2, -0.15) is 0 Å². The molecule has 0 N–H and O–H groups in total. The molecule has 0 spiro atoms. The van der Waals surface area contributed by atoms with Crippen LogP contribution in [-0.4, -0.2) is 12.9 Å². The van der Waals surface area contributed by atoms with Crippen molar-refractivity contribution in [1.29, 1.82) is 0 Å². The third kappa shape index (κ3) is 3.19. The van der Waals surface area contributed by atoms with Gasteiger partial charge in [-0.3, -0.25) is 4.79 Å². The average Bonchev–Trinajstić information content (AvgIpc) is 2.41. The molecule has 2 nitrogen and oxygen atoms in total. The second kappa shape index (κ2) is 6.08. The van der Waals surface area contributed by atoms with E-state index in [0.717, 1.165) is 41.0 Å². The molecule has 0 aliphatic heterocycles. The molecule has 3 atom stereocenters. The molecule has 1 aromatic carbocycles. The van der Waals surface area contributed by atoms with E-state index in [2.05, 4.69) is 29.8 Å². The fourth-order valence-corrected chi connectivity index (χ4v) is 3.38. The number of ketones is 1. The van der Waals surface area contributed by atoms with Gasteiger partial charge in [0.2, 0.25) is 0 Å². The van der Waals surface area contributed by atoms with Crippen LogP contribution in [0.15, 0.2) is 22.7 Å². The summed E-state index contributed by atoms with van der Waals surface area (Å²) in [4.78, 5) is 12.5. The van der Waals surface area contributed by atoms with Crippen molar-refractivity contribution in [3.05, 3.63) is 28.2 Å². The average molecular weight is 325 g/mol. The van der Waals surface area contributed by atoms with Crippen LogP contribution in [0.1, 0.15) is 43.5 Å². The molecule has 0 aromatic heterocycles. The first-order chi connectivity index (χ1) is 9.02. The van der Waals surface area contributed by atoms with Crippen molar-refractivity contribution in [3.8, 4) is 5.75 Å². The predicted octanol–water partition coefficient (Wildman–Crippen LogP) is 4.71. The van der Waals surface area contributed by atoms with Crippen LogP contribution in [0.2, 0.25) is 0 Å². The molecule has 3 unspecified atom stereocenters. The lowest BCUT2D eigenvalue weighted by Gasteiger charge is -2.31. The summed E-state index contributed by atoms with van der Waals surface area (Å²) in [5.74, 6) is 2.62. The molecule has 19 heavy (non-hydrogen) atoms. The molecular formula is C16H21BrO2. The SMILES string of the molecule is COc1ccc(C(=O)C2CCC(C)C(C)C2)cc1Br. The van der Waals surface area contributed by atoms with Crippen LogP contribution < -0.4 is 4.74 Å². The van der Waals surface area contributed by atoms with Gasteiger partial charge in [-0.1, -0.05) is 13.8 Å². The number of rotatable bonds is 3. The molecule has 0 amide bonds. The maximum atomic E-state index is 12.5. The molecule has 3 heteroatoms. The van der Waals surface area contributed by atoms with Gasteiger partial charge in [-0.15, -0.1) is 0 Å². The predicted molar refractivity (Wildman–Crippen MR) is 80.7 cm³/mol. The maximum Gasteiger partial charge on any atom is 0.165 e. The van der Waals surface area contributed by atoms with Crippen LogP contribution in [0, 0.1) is 17.8 Å². The lowest BCUT2D eigenvalue weighted by molar-refractivity contribution is 0.0837. The Balaban J connectivity index is 2.13. The second-order valence-electron chi connectivity index (χ2n) is 5.68. The lowest BCUT2D eigenvalue weighted by Crippen LogP contribution is -2.26. The molecule has 2 rings (SSSR count). The molecule has 1 saturated carbocycles. The molecule has 1 fully saturated rings. The number of halogens is 1. The van der Waals surface area contributed by atoms with Crippen LogP contribution in [0.4, 0.5) is 0 Å². The van der Waals surface area contributed by atoms with Gasteiger partial charge in [0.15, 0.2) is 5.78 Å². The largest absolute Gasteiger partial charge is 0.496 e. The van der Waals surface area contributed by atoms with Crippen LogP contribution in [0.25, 0.3) is 0 Å². The summed E-state index contributed by atoms with van der Waals surface area (Å²) in [6, 6.07) is 5.60. The van der Waals surface area contributed by atoms with Crippen molar-refractivity contribution >= 4 is 21.7 Å². The molecule has 0 saturated heterocycles. The van der Waals surface area contributed by atoms with Crippen molar-refractivity contribution in [2.24, 2.45) is 17.8 Å². The van der Waals surface area contributed by atoms with Gasteiger partial charge in [0, 0.05) is 11.5 Å². The van der Waals surface area contributed by atoms with Gasteiger partial charge >= 0.3 is 0 Å². The summed E-state index contributed by atoms with van der Waals surface area (Å²) >= 11 is 3.44. The van der Waals surface area contributed by atoms with E-state index < -0.39 is 0 Å². The number of hydrogen-bond acceptors (Lipinski definition) is 2. The fourth-order valence-electron chi connectivity index (χ4n) is 2.84. The molecule has 104 valence electrons. The Morgan fingerprint density at radius 2 is 2.00 bits per heavy atom. The normalized spacial score (nSPS) is 27.1. The Morgan fingerprint density at radius 3 is 2.58 bits per heavy atom. The topological polar surface area (TPSA) is 26.3 Å². The summed E-state index contributed by atoms with van der Waals surface area (Å²) in [5.41, 5.74) is 0.791. The lowest BCUT2D eigenvalue weighted by atomic mass is 9.73. The smallest absolute Gasteiger partial charge is 0.165 e. The minimum atomic E-state index is 0.187. The number of carbonyl (C=O) groups excluding carboxylic acids is 1. The van der Waals surface area contributed by atoms with E-state index in [1.807, 2.05) is 18.2 Å². The van der Waals surface area contributed by atoms with E-state index in [9.17, 15) is 4.79 Å². The maximum absolute atomic E-state index is 12.5. The van der Waals surface area contributed by atoms with Crippen LogP contribution in [0.3, 0.4) is 0 Å². The molecule has 1 aliphatic carbocycles. The first-order valence-corrected chi connectivity index (χ1v) is 7.70. The fraction of sp³-hybridized carbons (Fsp3) is 0.562.